The van der Waals surface area contributed by atoms with Gasteiger partial charge in [0.2, 0.25) is 5.95 Å². The van der Waals surface area contributed by atoms with Gasteiger partial charge < -0.3 is 20.6 Å². The quantitative estimate of drug-likeness (QED) is 0.312. The molecule has 0 aliphatic rings. The van der Waals surface area contributed by atoms with Crippen molar-refractivity contribution >= 4 is 23.7 Å². The molecule has 0 fully saturated rings. The molecule has 4 rings (SSSR count). The van der Waals surface area contributed by atoms with E-state index in [4.69, 9.17) is 5.11 Å². The molecular formula is C26H26FN7O2. The van der Waals surface area contributed by atoms with Crippen molar-refractivity contribution in [1.29, 1.82) is 0 Å². The SMILES string of the molecule is C[C@@H](Cc1cccc(CNC(=O)O)c1)Nc1nccc(N(C)c2ccnc(-c3cccc(F)c3)n2)n1. The first-order valence-electron chi connectivity index (χ1n) is 11.3. The maximum Gasteiger partial charge on any atom is 0.404 e. The number of rotatable bonds is 9. The highest BCUT2D eigenvalue weighted by Crippen LogP contribution is 2.23. The highest BCUT2D eigenvalue weighted by atomic mass is 19.1. The van der Waals surface area contributed by atoms with Crippen LogP contribution in [0.3, 0.4) is 0 Å². The van der Waals surface area contributed by atoms with E-state index in [1.807, 2.05) is 38.2 Å². The van der Waals surface area contributed by atoms with E-state index < -0.39 is 6.09 Å². The Morgan fingerprint density at radius 1 is 1.00 bits per heavy atom. The van der Waals surface area contributed by atoms with Crippen LogP contribution in [0.4, 0.5) is 26.8 Å². The molecule has 36 heavy (non-hydrogen) atoms. The summed E-state index contributed by atoms with van der Waals surface area (Å²) in [4.78, 5) is 30.3. The predicted octanol–water partition coefficient (Wildman–Crippen LogP) is 4.65. The highest BCUT2D eigenvalue weighted by molar-refractivity contribution is 5.64. The molecule has 0 aliphatic carbocycles. The molecule has 4 aromatic rings. The van der Waals surface area contributed by atoms with Crippen molar-refractivity contribution in [1.82, 2.24) is 25.3 Å². The van der Waals surface area contributed by atoms with Gasteiger partial charge in [-0.1, -0.05) is 36.4 Å². The maximum absolute atomic E-state index is 13.6. The number of amides is 1. The van der Waals surface area contributed by atoms with Crippen LogP contribution in [0.1, 0.15) is 18.1 Å². The standard InChI is InChI=1S/C26H26FN7O2/c1-17(13-18-5-3-6-19(14-18)16-30-26(35)36)31-25-29-12-10-23(33-25)34(2)22-9-11-28-24(32-22)20-7-4-8-21(27)15-20/h3-12,14-15,17,30H,13,16H2,1-2H3,(H,35,36)(H,29,31,33)/t17-/m0/s1. The van der Waals surface area contributed by atoms with Gasteiger partial charge in [-0.25, -0.2) is 24.1 Å². The molecule has 1 atom stereocenters. The van der Waals surface area contributed by atoms with Crippen LogP contribution < -0.4 is 15.5 Å². The zero-order valence-corrected chi connectivity index (χ0v) is 19.9. The topological polar surface area (TPSA) is 116 Å². The Morgan fingerprint density at radius 3 is 2.50 bits per heavy atom. The van der Waals surface area contributed by atoms with Crippen molar-refractivity contribution in [2.45, 2.75) is 25.9 Å². The molecule has 1 amide bonds. The molecular weight excluding hydrogens is 461 g/mol. The van der Waals surface area contributed by atoms with Crippen LogP contribution in [0, 0.1) is 5.82 Å². The molecule has 9 nitrogen and oxygen atoms in total. The average molecular weight is 488 g/mol. The molecule has 0 radical (unpaired) electrons. The molecule has 3 N–H and O–H groups in total. The smallest absolute Gasteiger partial charge is 0.404 e. The van der Waals surface area contributed by atoms with Crippen molar-refractivity contribution in [2.75, 3.05) is 17.3 Å². The second-order valence-electron chi connectivity index (χ2n) is 8.27. The first-order valence-corrected chi connectivity index (χ1v) is 11.3. The van der Waals surface area contributed by atoms with Gasteiger partial charge in [0.15, 0.2) is 5.82 Å². The summed E-state index contributed by atoms with van der Waals surface area (Å²) < 4.78 is 13.6. The highest BCUT2D eigenvalue weighted by Gasteiger charge is 2.12. The second-order valence-corrected chi connectivity index (χ2v) is 8.27. The van der Waals surface area contributed by atoms with Gasteiger partial charge in [-0.15, -0.1) is 0 Å². The van der Waals surface area contributed by atoms with Crippen LogP contribution in [-0.2, 0) is 13.0 Å². The molecule has 0 unspecified atom stereocenters. The summed E-state index contributed by atoms with van der Waals surface area (Å²) in [6, 6.07) is 17.5. The average Bonchev–Trinajstić information content (AvgIpc) is 2.87. The van der Waals surface area contributed by atoms with E-state index in [0.29, 0.717) is 35.4 Å². The van der Waals surface area contributed by atoms with Crippen molar-refractivity contribution in [3.63, 3.8) is 0 Å². The van der Waals surface area contributed by atoms with E-state index in [2.05, 4.69) is 30.6 Å². The molecule has 184 valence electrons. The lowest BCUT2D eigenvalue weighted by Crippen LogP contribution is -2.22. The Hall–Kier alpha value is -4.60. The fraction of sp³-hybridized carbons (Fsp3) is 0.192. The van der Waals surface area contributed by atoms with Gasteiger partial charge in [-0.3, -0.25) is 0 Å². The largest absolute Gasteiger partial charge is 0.465 e. The number of hydrogen-bond donors (Lipinski definition) is 3. The molecule has 0 saturated carbocycles. The van der Waals surface area contributed by atoms with Crippen molar-refractivity contribution in [3.05, 3.63) is 90.0 Å². The number of halogens is 1. The first kappa shape index (κ1) is 24.5. The molecule has 0 spiro atoms. The van der Waals surface area contributed by atoms with Gasteiger partial charge in [0.05, 0.1) is 0 Å². The number of anilines is 3. The summed E-state index contributed by atoms with van der Waals surface area (Å²) in [7, 11) is 1.84. The third kappa shape index (κ3) is 6.50. The Morgan fingerprint density at radius 2 is 1.72 bits per heavy atom. The zero-order chi connectivity index (χ0) is 25.5. The van der Waals surface area contributed by atoms with Gasteiger partial charge >= 0.3 is 6.09 Å². The van der Waals surface area contributed by atoms with Crippen LogP contribution in [0.5, 0.6) is 0 Å². The molecule has 0 aliphatic heterocycles. The number of aromatic nitrogens is 4. The molecule has 2 aromatic heterocycles. The Balaban J connectivity index is 1.44. The Bertz CT molecular complexity index is 1350. The van der Waals surface area contributed by atoms with E-state index in [1.165, 1.54) is 12.1 Å². The zero-order valence-electron chi connectivity index (χ0n) is 19.9. The van der Waals surface area contributed by atoms with Crippen molar-refractivity contribution < 1.29 is 14.3 Å². The number of nitrogens with one attached hydrogen (secondary N) is 2. The minimum Gasteiger partial charge on any atom is -0.465 e. The number of nitrogens with zero attached hydrogens (tertiary/aromatic N) is 5. The van der Waals surface area contributed by atoms with Crippen LogP contribution in [0.25, 0.3) is 11.4 Å². The van der Waals surface area contributed by atoms with Crippen LogP contribution in [-0.4, -0.2) is 44.2 Å². The second kappa shape index (κ2) is 11.2. The van der Waals surface area contributed by atoms with E-state index in [-0.39, 0.29) is 18.4 Å². The Kier molecular flexibility index (Phi) is 7.64. The van der Waals surface area contributed by atoms with Crippen LogP contribution in [0.2, 0.25) is 0 Å². The lowest BCUT2D eigenvalue weighted by molar-refractivity contribution is 0.194. The fourth-order valence-electron chi connectivity index (χ4n) is 3.69. The minimum atomic E-state index is -1.05. The van der Waals surface area contributed by atoms with E-state index in [0.717, 1.165) is 11.1 Å². The summed E-state index contributed by atoms with van der Waals surface area (Å²) in [5.41, 5.74) is 2.55. The van der Waals surface area contributed by atoms with Crippen molar-refractivity contribution in [3.8, 4) is 11.4 Å². The van der Waals surface area contributed by atoms with E-state index in [9.17, 15) is 9.18 Å². The Labute approximate surface area is 208 Å². The molecule has 0 saturated heterocycles. The third-order valence-electron chi connectivity index (χ3n) is 5.40. The molecule has 2 heterocycles. The molecule has 0 bridgehead atoms. The lowest BCUT2D eigenvalue weighted by Gasteiger charge is -2.19. The van der Waals surface area contributed by atoms with E-state index >= 15 is 0 Å². The first-order chi connectivity index (χ1) is 17.4. The third-order valence-corrected chi connectivity index (χ3v) is 5.40. The van der Waals surface area contributed by atoms with Gasteiger partial charge in [0.1, 0.15) is 17.5 Å². The summed E-state index contributed by atoms with van der Waals surface area (Å²) in [5, 5.41) is 14.5. The number of hydrogen-bond acceptors (Lipinski definition) is 7. The number of benzene rings is 2. The van der Waals surface area contributed by atoms with Gasteiger partial charge in [-0.05, 0) is 48.7 Å². The van der Waals surface area contributed by atoms with Crippen molar-refractivity contribution in [2.24, 2.45) is 0 Å². The van der Waals surface area contributed by atoms with Gasteiger partial charge in [-0.2, -0.15) is 4.98 Å². The lowest BCUT2D eigenvalue weighted by atomic mass is 10.0. The minimum absolute atomic E-state index is 0.0202. The molecule has 2 aromatic carbocycles. The fourth-order valence-corrected chi connectivity index (χ4v) is 3.69. The summed E-state index contributed by atoms with van der Waals surface area (Å²) in [6.07, 6.45) is 2.94. The molecule has 10 heteroatoms. The number of carboxylic acid groups (broad SMARTS) is 1. The summed E-state index contributed by atoms with van der Waals surface area (Å²) in [5.74, 6) is 1.77. The van der Waals surface area contributed by atoms with Crippen LogP contribution >= 0.6 is 0 Å². The normalized spacial score (nSPS) is 11.5. The summed E-state index contributed by atoms with van der Waals surface area (Å²) >= 11 is 0. The van der Waals surface area contributed by atoms with Gasteiger partial charge in [0, 0.05) is 37.6 Å². The monoisotopic (exact) mass is 487 g/mol. The summed E-state index contributed by atoms with van der Waals surface area (Å²) in [6.45, 7) is 2.28. The number of carbonyl (C=O) groups is 1. The van der Waals surface area contributed by atoms with Gasteiger partial charge in [0.25, 0.3) is 0 Å². The van der Waals surface area contributed by atoms with Crippen LogP contribution in [0.15, 0.2) is 73.1 Å². The predicted molar refractivity (Wildman–Crippen MR) is 136 cm³/mol. The maximum atomic E-state index is 13.6. The van der Waals surface area contributed by atoms with E-state index in [1.54, 1.807) is 41.6 Å².